The maximum atomic E-state index is 12.6. The van der Waals surface area contributed by atoms with Gasteiger partial charge >= 0.3 is 5.97 Å². The molecule has 0 atom stereocenters. The summed E-state index contributed by atoms with van der Waals surface area (Å²) in [6, 6.07) is 24.5. The van der Waals surface area contributed by atoms with Gasteiger partial charge in [0.05, 0.1) is 16.8 Å². The highest BCUT2D eigenvalue weighted by Crippen LogP contribution is 2.28. The molecule has 0 unspecified atom stereocenters. The Morgan fingerprint density at radius 1 is 0.882 bits per heavy atom. The second kappa shape index (κ2) is 10.8. The zero-order valence-electron chi connectivity index (χ0n) is 17.7. The summed E-state index contributed by atoms with van der Waals surface area (Å²) in [7, 11) is 0. The van der Waals surface area contributed by atoms with Crippen molar-refractivity contribution in [1.82, 2.24) is 5.43 Å². The van der Waals surface area contributed by atoms with Crippen LogP contribution in [0.5, 0.6) is 11.5 Å². The molecule has 170 valence electrons. The second-order valence-corrected chi connectivity index (χ2v) is 7.95. The van der Waals surface area contributed by atoms with Crippen LogP contribution in [0.2, 0.25) is 10.0 Å². The van der Waals surface area contributed by atoms with Crippen molar-refractivity contribution in [3.05, 3.63) is 106 Å². The lowest BCUT2D eigenvalue weighted by Crippen LogP contribution is -2.24. The number of nitrogens with one attached hydrogen (secondary N) is 1. The number of amides is 1. The maximum absolute atomic E-state index is 12.6. The lowest BCUT2D eigenvalue weighted by molar-refractivity contribution is -0.123. The molecule has 4 rings (SSSR count). The van der Waals surface area contributed by atoms with Gasteiger partial charge in [-0.2, -0.15) is 5.10 Å². The van der Waals surface area contributed by atoms with E-state index in [-0.39, 0.29) is 6.61 Å². The minimum Gasteiger partial charge on any atom is -0.482 e. The molecule has 4 aromatic carbocycles. The molecule has 1 amide bonds. The van der Waals surface area contributed by atoms with Gasteiger partial charge in [0.15, 0.2) is 6.61 Å². The molecule has 0 saturated heterocycles. The second-order valence-electron chi connectivity index (χ2n) is 7.11. The van der Waals surface area contributed by atoms with Crippen molar-refractivity contribution < 1.29 is 19.1 Å². The quantitative estimate of drug-likeness (QED) is 0.151. The predicted molar refractivity (Wildman–Crippen MR) is 133 cm³/mol. The van der Waals surface area contributed by atoms with Crippen molar-refractivity contribution in [2.24, 2.45) is 5.10 Å². The van der Waals surface area contributed by atoms with Crippen molar-refractivity contribution in [1.29, 1.82) is 0 Å². The fourth-order valence-corrected chi connectivity index (χ4v) is 3.63. The summed E-state index contributed by atoms with van der Waals surface area (Å²) >= 11 is 11.9. The van der Waals surface area contributed by atoms with Crippen molar-refractivity contribution in [2.45, 2.75) is 0 Å². The summed E-state index contributed by atoms with van der Waals surface area (Å²) in [6.07, 6.45) is 1.43. The maximum Gasteiger partial charge on any atom is 0.343 e. The molecule has 0 aliphatic heterocycles. The minimum atomic E-state index is -0.497. The first-order valence-corrected chi connectivity index (χ1v) is 11.0. The molecular weight excluding hydrogens is 475 g/mol. The third-order valence-corrected chi connectivity index (χ3v) is 5.31. The zero-order valence-corrected chi connectivity index (χ0v) is 19.2. The van der Waals surface area contributed by atoms with Gasteiger partial charge in [-0.1, -0.05) is 71.7 Å². The van der Waals surface area contributed by atoms with Gasteiger partial charge in [-0.3, -0.25) is 4.79 Å². The Hall–Kier alpha value is -3.87. The number of fused-ring (bicyclic) bond motifs is 1. The van der Waals surface area contributed by atoms with E-state index in [1.807, 2.05) is 36.4 Å². The van der Waals surface area contributed by atoms with Crippen LogP contribution in [0.1, 0.15) is 15.9 Å². The molecule has 6 nitrogen and oxygen atoms in total. The van der Waals surface area contributed by atoms with Crippen molar-refractivity contribution in [3.8, 4) is 11.5 Å². The summed E-state index contributed by atoms with van der Waals surface area (Å²) in [6.45, 7) is -0.302. The molecule has 1 N–H and O–H groups in total. The van der Waals surface area contributed by atoms with E-state index < -0.39 is 11.9 Å². The number of rotatable bonds is 7. The predicted octanol–water partition coefficient (Wildman–Crippen LogP) is 5.89. The Balaban J connectivity index is 1.50. The van der Waals surface area contributed by atoms with Gasteiger partial charge in [-0.25, -0.2) is 10.2 Å². The summed E-state index contributed by atoms with van der Waals surface area (Å²) in [5.41, 5.74) is 3.37. The number of hydrogen-bond acceptors (Lipinski definition) is 5. The van der Waals surface area contributed by atoms with Gasteiger partial charge in [0.1, 0.15) is 11.5 Å². The minimum absolute atomic E-state index is 0.296. The number of carbonyl (C=O) groups is 2. The number of ether oxygens (including phenoxy) is 2. The lowest BCUT2D eigenvalue weighted by Gasteiger charge is -2.11. The smallest absolute Gasteiger partial charge is 0.343 e. The van der Waals surface area contributed by atoms with Crippen LogP contribution >= 0.6 is 23.2 Å². The van der Waals surface area contributed by atoms with E-state index >= 15 is 0 Å². The number of hydrogen-bond donors (Lipinski definition) is 1. The summed E-state index contributed by atoms with van der Waals surface area (Å²) in [5, 5.41) is 6.52. The molecule has 0 radical (unpaired) electrons. The molecule has 0 aromatic heterocycles. The molecule has 0 fully saturated rings. The molecule has 4 aromatic rings. The fraction of sp³-hybridized carbons (Fsp3) is 0.0385. The number of esters is 1. The molecule has 34 heavy (non-hydrogen) atoms. The molecule has 0 spiro atoms. The average molecular weight is 493 g/mol. The van der Waals surface area contributed by atoms with Gasteiger partial charge < -0.3 is 9.47 Å². The Morgan fingerprint density at radius 3 is 2.41 bits per heavy atom. The van der Waals surface area contributed by atoms with Gasteiger partial charge in [-0.05, 0) is 47.2 Å². The van der Waals surface area contributed by atoms with Crippen LogP contribution in [0.25, 0.3) is 10.8 Å². The fourth-order valence-electron chi connectivity index (χ4n) is 3.17. The van der Waals surface area contributed by atoms with Crippen LogP contribution in [0.15, 0.2) is 90.0 Å². The molecule has 0 heterocycles. The largest absolute Gasteiger partial charge is 0.482 e. The highest BCUT2D eigenvalue weighted by Gasteiger charge is 2.13. The van der Waals surface area contributed by atoms with Gasteiger partial charge in [0.2, 0.25) is 0 Å². The average Bonchev–Trinajstić information content (AvgIpc) is 2.85. The molecule has 0 aliphatic carbocycles. The zero-order chi connectivity index (χ0) is 23.9. The standard InChI is InChI=1S/C26H18Cl2N2O4/c27-19-11-13-24(22(28)14-19)33-16-25(31)30-29-15-21-20-9-5-4-6-17(20)10-12-23(21)34-26(32)18-7-2-1-3-8-18/h1-15H,16H2,(H,30,31)/b29-15+. The number of carbonyl (C=O) groups excluding carboxylic acids is 2. The third kappa shape index (κ3) is 5.73. The molecule has 8 heteroatoms. The van der Waals surface area contributed by atoms with Crippen LogP contribution in [0.4, 0.5) is 0 Å². The highest BCUT2D eigenvalue weighted by atomic mass is 35.5. The normalized spacial score (nSPS) is 10.9. The molecular formula is C26H18Cl2N2O4. The van der Waals surface area contributed by atoms with E-state index in [9.17, 15) is 9.59 Å². The topological polar surface area (TPSA) is 77.0 Å². The first-order chi connectivity index (χ1) is 16.5. The SMILES string of the molecule is O=C(COc1ccc(Cl)cc1Cl)N/N=C/c1c(OC(=O)c2ccccc2)ccc2ccccc12. The number of benzene rings is 4. The molecule has 0 saturated carbocycles. The van der Waals surface area contributed by atoms with Gasteiger partial charge in [0.25, 0.3) is 5.91 Å². The highest BCUT2D eigenvalue weighted by molar-refractivity contribution is 6.35. The van der Waals surface area contributed by atoms with E-state index in [1.165, 1.54) is 12.3 Å². The van der Waals surface area contributed by atoms with Crippen LogP contribution in [0, 0.1) is 0 Å². The Kier molecular flexibility index (Phi) is 7.42. The Morgan fingerprint density at radius 2 is 1.62 bits per heavy atom. The molecule has 0 aliphatic rings. The monoisotopic (exact) mass is 492 g/mol. The summed E-state index contributed by atoms with van der Waals surface area (Å²) in [4.78, 5) is 24.8. The first kappa shape index (κ1) is 23.3. The van der Waals surface area contributed by atoms with E-state index in [2.05, 4.69) is 10.5 Å². The number of nitrogens with zero attached hydrogens (tertiary/aromatic N) is 1. The van der Waals surface area contributed by atoms with E-state index in [1.54, 1.807) is 42.5 Å². The van der Waals surface area contributed by atoms with Crippen LogP contribution in [-0.4, -0.2) is 24.7 Å². The summed E-state index contributed by atoms with van der Waals surface area (Å²) < 4.78 is 11.0. The van der Waals surface area contributed by atoms with Gasteiger partial charge in [0, 0.05) is 10.6 Å². The number of halogens is 2. The van der Waals surface area contributed by atoms with Crippen molar-refractivity contribution in [3.63, 3.8) is 0 Å². The number of hydrazone groups is 1. The third-order valence-electron chi connectivity index (χ3n) is 4.78. The van der Waals surface area contributed by atoms with Crippen LogP contribution in [0.3, 0.4) is 0 Å². The van der Waals surface area contributed by atoms with Crippen LogP contribution < -0.4 is 14.9 Å². The first-order valence-electron chi connectivity index (χ1n) is 10.2. The summed E-state index contributed by atoms with van der Waals surface area (Å²) in [5.74, 6) is -0.350. The van der Waals surface area contributed by atoms with Crippen LogP contribution in [-0.2, 0) is 4.79 Å². The Bertz CT molecular complexity index is 1370. The van der Waals surface area contributed by atoms with Crippen molar-refractivity contribution >= 4 is 52.1 Å². The van der Waals surface area contributed by atoms with E-state index in [0.717, 1.165) is 10.8 Å². The van der Waals surface area contributed by atoms with Gasteiger partial charge in [-0.15, -0.1) is 0 Å². The Labute approximate surface area is 205 Å². The lowest BCUT2D eigenvalue weighted by atomic mass is 10.0. The molecule has 0 bridgehead atoms. The van der Waals surface area contributed by atoms with Crippen molar-refractivity contribution in [2.75, 3.05) is 6.61 Å². The van der Waals surface area contributed by atoms with E-state index in [0.29, 0.717) is 32.7 Å². The van der Waals surface area contributed by atoms with E-state index in [4.69, 9.17) is 32.7 Å².